The third-order valence-corrected chi connectivity index (χ3v) is 2.48. The minimum Gasteiger partial charge on any atom is -0.493 e. The number of ether oxygens (including phenoxy) is 1. The summed E-state index contributed by atoms with van der Waals surface area (Å²) in [5, 5.41) is 8.71. The molecule has 2 rings (SSSR count). The fraction of sp³-hybridized carbons (Fsp3) is 0.125. The molecule has 0 spiro atoms. The molecule has 0 aliphatic heterocycles. The van der Waals surface area contributed by atoms with Gasteiger partial charge in [-0.05, 0) is 31.2 Å². The van der Waals surface area contributed by atoms with Crippen molar-refractivity contribution in [3.8, 4) is 5.75 Å². The topological polar surface area (TPSA) is 89.6 Å². The minimum absolute atomic E-state index is 0.208. The van der Waals surface area contributed by atoms with Crippen LogP contribution in [0.2, 0.25) is 0 Å². The summed E-state index contributed by atoms with van der Waals surface area (Å²) in [5.74, 6) is -0.915. The van der Waals surface area contributed by atoms with Gasteiger partial charge in [-0.3, -0.25) is 4.79 Å². The first-order valence-corrected chi connectivity index (χ1v) is 6.36. The van der Waals surface area contributed by atoms with Crippen molar-refractivity contribution in [3.05, 3.63) is 65.7 Å². The number of carboxylic acid groups (broad SMARTS) is 1. The van der Waals surface area contributed by atoms with Crippen LogP contribution in [0, 0.1) is 0 Å². The number of carboxylic acids is 1. The molecule has 5 heteroatoms. The molecule has 5 nitrogen and oxygen atoms in total. The number of benzene rings is 2. The smallest absolute Gasteiger partial charge is 0.339 e. The van der Waals surface area contributed by atoms with Crippen LogP contribution in [-0.4, -0.2) is 23.6 Å². The number of amides is 1. The van der Waals surface area contributed by atoms with Gasteiger partial charge >= 0.3 is 5.97 Å². The lowest BCUT2D eigenvalue weighted by atomic mass is 10.2. The highest BCUT2D eigenvalue weighted by atomic mass is 16.5. The summed E-state index contributed by atoms with van der Waals surface area (Å²) in [6.07, 6.45) is 0. The SMILES string of the molecule is CCOc1ccccc1C(=O)O.NC(=O)c1ccccc1. The Balaban J connectivity index is 0.000000219. The van der Waals surface area contributed by atoms with Gasteiger partial charge in [-0.1, -0.05) is 30.3 Å². The molecule has 2 aromatic rings. The lowest BCUT2D eigenvalue weighted by Gasteiger charge is -2.05. The number of hydrogen-bond acceptors (Lipinski definition) is 3. The van der Waals surface area contributed by atoms with E-state index in [0.29, 0.717) is 17.9 Å². The standard InChI is InChI=1S/C9H10O3.C7H7NO/c1-2-12-8-6-4-3-5-7(8)9(10)11;8-7(9)6-4-2-1-3-5-6/h3-6H,2H2,1H3,(H,10,11);1-5H,(H2,8,9). The van der Waals surface area contributed by atoms with Crippen molar-refractivity contribution in [2.45, 2.75) is 6.92 Å². The van der Waals surface area contributed by atoms with Gasteiger partial charge in [0, 0.05) is 5.56 Å². The maximum atomic E-state index is 10.6. The Kier molecular flexibility index (Phi) is 6.47. The monoisotopic (exact) mass is 287 g/mol. The molecule has 0 aliphatic rings. The zero-order chi connectivity index (χ0) is 15.7. The predicted molar refractivity (Wildman–Crippen MR) is 79.5 cm³/mol. The van der Waals surface area contributed by atoms with Crippen LogP contribution in [0.5, 0.6) is 5.75 Å². The quantitative estimate of drug-likeness (QED) is 0.904. The summed E-state index contributed by atoms with van der Waals surface area (Å²) < 4.78 is 5.12. The number of rotatable bonds is 4. The van der Waals surface area contributed by atoms with Gasteiger partial charge in [-0.2, -0.15) is 0 Å². The van der Waals surface area contributed by atoms with E-state index >= 15 is 0 Å². The molecule has 0 aliphatic carbocycles. The lowest BCUT2D eigenvalue weighted by Crippen LogP contribution is -2.09. The summed E-state index contributed by atoms with van der Waals surface area (Å²) in [5.41, 5.74) is 5.74. The van der Waals surface area contributed by atoms with E-state index in [0.717, 1.165) is 0 Å². The Labute approximate surface area is 123 Å². The van der Waals surface area contributed by atoms with Crippen LogP contribution in [0.4, 0.5) is 0 Å². The number of hydrogen-bond donors (Lipinski definition) is 2. The summed E-state index contributed by atoms with van der Waals surface area (Å²) >= 11 is 0. The second-order valence-corrected chi connectivity index (χ2v) is 3.96. The van der Waals surface area contributed by atoms with Crippen LogP contribution in [-0.2, 0) is 0 Å². The fourth-order valence-electron chi connectivity index (χ4n) is 1.53. The van der Waals surface area contributed by atoms with E-state index in [-0.39, 0.29) is 11.5 Å². The maximum absolute atomic E-state index is 10.6. The van der Waals surface area contributed by atoms with Crippen molar-refractivity contribution in [1.29, 1.82) is 0 Å². The van der Waals surface area contributed by atoms with Crippen molar-refractivity contribution < 1.29 is 19.4 Å². The number of nitrogens with two attached hydrogens (primary N) is 1. The van der Waals surface area contributed by atoms with Crippen LogP contribution in [0.3, 0.4) is 0 Å². The van der Waals surface area contributed by atoms with Crippen LogP contribution in [0.1, 0.15) is 27.6 Å². The molecular weight excluding hydrogens is 270 g/mol. The molecule has 21 heavy (non-hydrogen) atoms. The maximum Gasteiger partial charge on any atom is 0.339 e. The molecule has 0 aromatic heterocycles. The van der Waals surface area contributed by atoms with Crippen molar-refractivity contribution in [3.63, 3.8) is 0 Å². The third kappa shape index (κ3) is 5.36. The Morgan fingerprint density at radius 3 is 2.10 bits per heavy atom. The predicted octanol–water partition coefficient (Wildman–Crippen LogP) is 2.57. The Morgan fingerprint density at radius 2 is 1.62 bits per heavy atom. The van der Waals surface area contributed by atoms with Crippen LogP contribution < -0.4 is 10.5 Å². The number of carbonyl (C=O) groups is 2. The van der Waals surface area contributed by atoms with E-state index in [9.17, 15) is 9.59 Å². The molecule has 0 heterocycles. The summed E-state index contributed by atoms with van der Waals surface area (Å²) in [6.45, 7) is 2.29. The second kappa shape index (κ2) is 8.37. The van der Waals surface area contributed by atoms with Gasteiger partial charge in [0.15, 0.2) is 0 Å². The van der Waals surface area contributed by atoms with Gasteiger partial charge < -0.3 is 15.6 Å². The molecule has 0 bridgehead atoms. The second-order valence-electron chi connectivity index (χ2n) is 3.96. The van der Waals surface area contributed by atoms with Crippen LogP contribution >= 0.6 is 0 Å². The molecule has 0 saturated carbocycles. The molecule has 0 saturated heterocycles. The van der Waals surface area contributed by atoms with Crippen LogP contribution in [0.25, 0.3) is 0 Å². The number of carbonyl (C=O) groups excluding carboxylic acids is 1. The number of primary amides is 1. The zero-order valence-corrected chi connectivity index (χ0v) is 11.7. The molecule has 0 fully saturated rings. The summed E-state index contributed by atoms with van der Waals surface area (Å²) in [6, 6.07) is 15.3. The van der Waals surface area contributed by atoms with Gasteiger partial charge in [0.25, 0.3) is 0 Å². The Hall–Kier alpha value is -2.82. The average Bonchev–Trinajstić information content (AvgIpc) is 2.49. The molecule has 0 radical (unpaired) electrons. The van der Waals surface area contributed by atoms with Gasteiger partial charge in [-0.25, -0.2) is 4.79 Å². The van der Waals surface area contributed by atoms with Gasteiger partial charge in [0.2, 0.25) is 5.91 Å². The van der Waals surface area contributed by atoms with E-state index in [4.69, 9.17) is 15.6 Å². The van der Waals surface area contributed by atoms with Crippen molar-refractivity contribution >= 4 is 11.9 Å². The summed E-state index contributed by atoms with van der Waals surface area (Å²) in [7, 11) is 0. The molecule has 3 N–H and O–H groups in total. The van der Waals surface area contributed by atoms with E-state index in [1.54, 1.807) is 42.5 Å². The van der Waals surface area contributed by atoms with E-state index in [1.807, 2.05) is 13.0 Å². The first-order chi connectivity index (χ1) is 10.1. The van der Waals surface area contributed by atoms with Crippen LogP contribution in [0.15, 0.2) is 54.6 Å². The highest BCUT2D eigenvalue weighted by molar-refractivity contribution is 5.92. The van der Waals surface area contributed by atoms with Gasteiger partial charge in [-0.15, -0.1) is 0 Å². The third-order valence-electron chi connectivity index (χ3n) is 2.48. The van der Waals surface area contributed by atoms with E-state index in [1.165, 1.54) is 6.07 Å². The Morgan fingerprint density at radius 1 is 1.05 bits per heavy atom. The minimum atomic E-state index is -0.959. The largest absolute Gasteiger partial charge is 0.493 e. The zero-order valence-electron chi connectivity index (χ0n) is 11.7. The highest BCUT2D eigenvalue weighted by Crippen LogP contribution is 2.17. The molecule has 1 amide bonds. The molecule has 110 valence electrons. The lowest BCUT2D eigenvalue weighted by molar-refractivity contribution is 0.0692. The van der Waals surface area contributed by atoms with Crippen molar-refractivity contribution in [2.75, 3.05) is 6.61 Å². The van der Waals surface area contributed by atoms with E-state index < -0.39 is 5.97 Å². The highest BCUT2D eigenvalue weighted by Gasteiger charge is 2.08. The van der Waals surface area contributed by atoms with Gasteiger partial charge in [0.1, 0.15) is 11.3 Å². The normalized spacial score (nSPS) is 9.19. The molecule has 2 aromatic carbocycles. The molecule has 0 atom stereocenters. The van der Waals surface area contributed by atoms with E-state index in [2.05, 4.69) is 0 Å². The Bertz CT molecular complexity index is 596. The summed E-state index contributed by atoms with van der Waals surface area (Å²) in [4.78, 5) is 21.0. The number of aromatic carboxylic acids is 1. The number of para-hydroxylation sites is 1. The molecular formula is C16H17NO4. The first kappa shape index (κ1) is 16.2. The van der Waals surface area contributed by atoms with Crippen molar-refractivity contribution in [1.82, 2.24) is 0 Å². The molecule has 0 unspecified atom stereocenters. The fourth-order valence-corrected chi connectivity index (χ4v) is 1.53. The average molecular weight is 287 g/mol. The van der Waals surface area contributed by atoms with Crippen molar-refractivity contribution in [2.24, 2.45) is 5.73 Å². The van der Waals surface area contributed by atoms with Gasteiger partial charge in [0.05, 0.1) is 6.61 Å². The first-order valence-electron chi connectivity index (χ1n) is 6.36.